The fourth-order valence-electron chi connectivity index (χ4n) is 8.41. The van der Waals surface area contributed by atoms with Crippen LogP contribution in [0.2, 0.25) is 0 Å². The first-order chi connectivity index (χ1) is 26.1. The van der Waals surface area contributed by atoms with Gasteiger partial charge >= 0.3 is 0 Å². The third kappa shape index (κ3) is 4.88. The highest BCUT2D eigenvalue weighted by atomic mass is 16.3. The average Bonchev–Trinajstić information content (AvgIpc) is 3.77. The summed E-state index contributed by atoms with van der Waals surface area (Å²) in [5.41, 5.74) is 13.8. The van der Waals surface area contributed by atoms with Crippen molar-refractivity contribution in [3.8, 4) is 33.9 Å². The first kappa shape index (κ1) is 30.1. The lowest BCUT2D eigenvalue weighted by Gasteiger charge is -2.22. The summed E-state index contributed by atoms with van der Waals surface area (Å²) in [5, 5.41) is 4.30. The fraction of sp³-hybridized carbons (Fsp3) is 0.104. The van der Waals surface area contributed by atoms with E-state index < -0.39 is 0 Å². The van der Waals surface area contributed by atoms with Gasteiger partial charge in [-0.3, -0.25) is 0 Å². The zero-order valence-corrected chi connectivity index (χ0v) is 29.1. The number of hydrogen-bond acceptors (Lipinski definition) is 5. The molecule has 0 N–H and O–H groups in total. The van der Waals surface area contributed by atoms with E-state index in [0.29, 0.717) is 17.5 Å². The van der Waals surface area contributed by atoms with Crippen LogP contribution >= 0.6 is 0 Å². The molecule has 0 saturated carbocycles. The molecule has 0 saturated heterocycles. The van der Waals surface area contributed by atoms with Crippen LogP contribution in [-0.4, -0.2) is 15.0 Å². The molecule has 5 heteroatoms. The maximum absolute atomic E-state index is 6.64. The van der Waals surface area contributed by atoms with Crippen LogP contribution in [-0.2, 0) is 12.8 Å². The first-order valence-electron chi connectivity index (χ1n) is 18.4. The molecule has 3 aromatic heterocycles. The fourth-order valence-corrected chi connectivity index (χ4v) is 8.41. The molecule has 11 rings (SSSR count). The first-order valence-corrected chi connectivity index (χ1v) is 18.4. The van der Waals surface area contributed by atoms with E-state index >= 15 is 0 Å². The van der Waals surface area contributed by atoms with Crippen molar-refractivity contribution in [3.63, 3.8) is 0 Å². The molecule has 0 bridgehead atoms. The van der Waals surface area contributed by atoms with Crippen LogP contribution in [0.3, 0.4) is 0 Å². The second-order valence-corrected chi connectivity index (χ2v) is 14.3. The van der Waals surface area contributed by atoms with Crippen LogP contribution in [0.1, 0.15) is 41.4 Å². The lowest BCUT2D eigenvalue weighted by Crippen LogP contribution is -2.13. The van der Waals surface area contributed by atoms with Crippen molar-refractivity contribution in [2.24, 2.45) is 5.92 Å². The van der Waals surface area contributed by atoms with Crippen molar-refractivity contribution in [1.82, 2.24) is 15.0 Å². The van der Waals surface area contributed by atoms with Gasteiger partial charge in [0, 0.05) is 38.2 Å². The van der Waals surface area contributed by atoms with Crippen molar-refractivity contribution >= 4 is 61.6 Å². The van der Waals surface area contributed by atoms with E-state index in [2.05, 4.69) is 116 Å². The molecule has 0 amide bonds. The molecule has 3 heterocycles. The summed E-state index contributed by atoms with van der Waals surface area (Å²) in [6.45, 7) is 2.26. The molecule has 252 valence electrons. The Morgan fingerprint density at radius 1 is 0.547 bits per heavy atom. The Morgan fingerprint density at radius 2 is 1.28 bits per heavy atom. The second kappa shape index (κ2) is 11.7. The minimum atomic E-state index is 0.256. The number of nitrogens with zero attached hydrogens (tertiary/aromatic N) is 3. The van der Waals surface area contributed by atoms with Crippen LogP contribution in [0.4, 0.5) is 0 Å². The highest BCUT2D eigenvalue weighted by molar-refractivity contribution is 6.15. The lowest BCUT2D eigenvalue weighted by atomic mass is 9.84. The summed E-state index contributed by atoms with van der Waals surface area (Å²) in [6.07, 6.45) is 9.76. The molecule has 0 fully saturated rings. The summed E-state index contributed by atoms with van der Waals surface area (Å²) in [6, 6.07) is 42.3. The van der Waals surface area contributed by atoms with E-state index in [1.54, 1.807) is 0 Å². The van der Waals surface area contributed by atoms with Crippen LogP contribution in [0, 0.1) is 5.92 Å². The van der Waals surface area contributed by atoms with Gasteiger partial charge in [0.15, 0.2) is 17.5 Å². The third-order valence-corrected chi connectivity index (χ3v) is 11.0. The molecule has 0 spiro atoms. The van der Waals surface area contributed by atoms with Gasteiger partial charge in [-0.15, -0.1) is 0 Å². The number of aryl methyl sites for hydroxylation is 1. The molecular weight excluding hydrogens is 651 g/mol. The Balaban J connectivity index is 1.08. The van der Waals surface area contributed by atoms with Crippen LogP contribution in [0.5, 0.6) is 0 Å². The predicted molar refractivity (Wildman–Crippen MR) is 215 cm³/mol. The van der Waals surface area contributed by atoms with Gasteiger partial charge in [-0.25, -0.2) is 15.0 Å². The summed E-state index contributed by atoms with van der Waals surface area (Å²) in [5.74, 6) is 2.25. The summed E-state index contributed by atoms with van der Waals surface area (Å²) in [7, 11) is 0. The molecule has 9 aromatic rings. The van der Waals surface area contributed by atoms with E-state index in [4.69, 9.17) is 23.8 Å². The second-order valence-electron chi connectivity index (χ2n) is 14.3. The van der Waals surface area contributed by atoms with Gasteiger partial charge in [-0.2, -0.15) is 0 Å². The van der Waals surface area contributed by atoms with E-state index in [9.17, 15) is 0 Å². The van der Waals surface area contributed by atoms with E-state index in [1.807, 2.05) is 30.3 Å². The molecule has 0 aliphatic heterocycles. The molecule has 53 heavy (non-hydrogen) atoms. The quantitative estimate of drug-likeness (QED) is 0.185. The number of furan rings is 2. The summed E-state index contributed by atoms with van der Waals surface area (Å²) >= 11 is 0. The Morgan fingerprint density at radius 3 is 2.15 bits per heavy atom. The maximum atomic E-state index is 6.64. The van der Waals surface area contributed by atoms with E-state index in [-0.39, 0.29) is 5.92 Å². The molecule has 1 atom stereocenters. The smallest absolute Gasteiger partial charge is 0.164 e. The summed E-state index contributed by atoms with van der Waals surface area (Å²) in [4.78, 5) is 15.4. The number of allylic oxidation sites excluding steroid dienone is 2. The van der Waals surface area contributed by atoms with Crippen molar-refractivity contribution < 1.29 is 8.83 Å². The molecule has 1 unspecified atom stereocenters. The highest BCUT2D eigenvalue weighted by Crippen LogP contribution is 2.42. The summed E-state index contributed by atoms with van der Waals surface area (Å²) < 4.78 is 13.1. The van der Waals surface area contributed by atoms with E-state index in [0.717, 1.165) is 91.0 Å². The van der Waals surface area contributed by atoms with Crippen LogP contribution in [0.15, 0.2) is 136 Å². The topological polar surface area (TPSA) is 65.0 Å². The number of rotatable bonds is 4. The van der Waals surface area contributed by atoms with E-state index in [1.165, 1.54) is 22.3 Å². The SMILES string of the molecule is CC1Cc2ccccc2C=C1c1nc(-c2ccccc2)nc(-c2cccc3oc4cc(-c5cccc6oc7cc8c(cc7c56)CCC=C8)ccc4c23)n1. The molecule has 2 aliphatic carbocycles. The molecule has 0 radical (unpaired) electrons. The minimum Gasteiger partial charge on any atom is -0.456 e. The Bertz CT molecular complexity index is 3000. The molecule has 2 aliphatic rings. The Hall–Kier alpha value is -6.59. The number of benzene rings is 6. The van der Waals surface area contributed by atoms with Gasteiger partial charge in [0.05, 0.1) is 0 Å². The maximum Gasteiger partial charge on any atom is 0.164 e. The van der Waals surface area contributed by atoms with Gasteiger partial charge in [0.1, 0.15) is 22.3 Å². The Labute approximate surface area is 306 Å². The minimum absolute atomic E-state index is 0.256. The van der Waals surface area contributed by atoms with Crippen molar-refractivity contribution in [2.75, 3.05) is 0 Å². The molecule has 6 aromatic carbocycles. The van der Waals surface area contributed by atoms with Gasteiger partial charge in [-0.05, 0) is 101 Å². The van der Waals surface area contributed by atoms with Gasteiger partial charge in [-0.1, -0.05) is 104 Å². The van der Waals surface area contributed by atoms with Gasteiger partial charge in [0.25, 0.3) is 0 Å². The van der Waals surface area contributed by atoms with Crippen LogP contribution in [0.25, 0.3) is 95.5 Å². The number of aromatic nitrogens is 3. The molecular formula is C48H33N3O2. The molecule has 5 nitrogen and oxygen atoms in total. The largest absolute Gasteiger partial charge is 0.456 e. The Kier molecular flexibility index (Phi) is 6.65. The van der Waals surface area contributed by atoms with Gasteiger partial charge < -0.3 is 8.83 Å². The number of fused-ring (bicyclic) bond motifs is 8. The van der Waals surface area contributed by atoms with Gasteiger partial charge in [0.2, 0.25) is 0 Å². The average molecular weight is 684 g/mol. The zero-order valence-electron chi connectivity index (χ0n) is 29.1. The van der Waals surface area contributed by atoms with Crippen molar-refractivity contribution in [3.05, 3.63) is 155 Å². The third-order valence-electron chi connectivity index (χ3n) is 11.0. The predicted octanol–water partition coefficient (Wildman–Crippen LogP) is 12.4. The number of hydrogen-bond donors (Lipinski definition) is 0. The lowest BCUT2D eigenvalue weighted by molar-refractivity contribution is 0.668. The standard InChI is InChI=1S/C48H33N3O2/c1-28-23-30-13-5-6-14-31(30)24-38(28)48-50-46(29-11-3-2-4-12-29)49-47(51-48)37-18-10-20-41-45(37)36-22-21-34(27-42(36)52-41)35-17-9-19-40-44(35)39-25-32-15-7-8-16-33(32)26-43(39)53-40/h2-6,8-14,16-22,24-28H,7,15,23H2,1H3. The highest BCUT2D eigenvalue weighted by Gasteiger charge is 2.24. The monoisotopic (exact) mass is 683 g/mol. The van der Waals surface area contributed by atoms with Crippen molar-refractivity contribution in [1.29, 1.82) is 0 Å². The van der Waals surface area contributed by atoms with Crippen LogP contribution < -0.4 is 0 Å². The zero-order chi connectivity index (χ0) is 35.0. The normalized spacial score (nSPS) is 15.3. The van der Waals surface area contributed by atoms with Crippen molar-refractivity contribution in [2.45, 2.75) is 26.2 Å².